The third kappa shape index (κ3) is 7.63. The quantitative estimate of drug-likeness (QED) is 0.341. The first kappa shape index (κ1) is 18.9. The minimum atomic E-state index is -3.12. The van der Waals surface area contributed by atoms with Crippen molar-refractivity contribution in [3.8, 4) is 11.5 Å². The van der Waals surface area contributed by atoms with E-state index < -0.39 is 13.2 Å². The Morgan fingerprint density at radius 1 is 1.17 bits per heavy atom. The van der Waals surface area contributed by atoms with Gasteiger partial charge in [-0.2, -0.15) is 22.7 Å². The molecule has 128 valence electrons. The molecule has 1 aromatic carbocycles. The van der Waals surface area contributed by atoms with E-state index in [0.717, 1.165) is 12.3 Å². The molecule has 0 spiro atoms. The normalized spacial score (nSPS) is 11.3. The highest BCUT2D eigenvalue weighted by atomic mass is 32.1. The molecular weight excluding hydrogens is 338 g/mol. The van der Waals surface area contributed by atoms with Crippen LogP contribution in [0.5, 0.6) is 11.5 Å². The van der Waals surface area contributed by atoms with Crippen LogP contribution >= 0.6 is 12.2 Å². The maximum Gasteiger partial charge on any atom is 0.387 e. The summed E-state index contributed by atoms with van der Waals surface area (Å²) in [6.07, 6.45) is 1.16. The lowest BCUT2D eigenvalue weighted by atomic mass is 10.2. The van der Waals surface area contributed by atoms with Gasteiger partial charge in [-0.1, -0.05) is 0 Å². The molecule has 0 aliphatic rings. The Balaban J connectivity index is 2.85. The van der Waals surface area contributed by atoms with E-state index >= 15 is 0 Å². The van der Waals surface area contributed by atoms with Crippen LogP contribution in [0.4, 0.5) is 17.6 Å². The maximum atomic E-state index is 12.4. The Morgan fingerprint density at radius 2 is 1.83 bits per heavy atom. The average molecular weight is 353 g/mol. The predicted molar refractivity (Wildman–Crippen MR) is 81.3 cm³/mol. The summed E-state index contributed by atoms with van der Waals surface area (Å²) in [5.41, 5.74) is 2.62. The molecule has 2 N–H and O–H groups in total. The third-order valence-electron chi connectivity index (χ3n) is 2.22. The molecule has 0 bridgehead atoms. The van der Waals surface area contributed by atoms with Crippen LogP contribution in [0.15, 0.2) is 23.3 Å². The van der Waals surface area contributed by atoms with Crippen molar-refractivity contribution in [2.45, 2.75) is 33.1 Å². The second kappa shape index (κ2) is 9.13. The molecule has 0 amide bonds. The van der Waals surface area contributed by atoms with Gasteiger partial charge in [0.2, 0.25) is 0 Å². The lowest BCUT2D eigenvalue weighted by Crippen LogP contribution is -2.36. The Bertz CT molecular complexity index is 556. The van der Waals surface area contributed by atoms with Crippen molar-refractivity contribution < 1.29 is 27.0 Å². The van der Waals surface area contributed by atoms with Crippen LogP contribution in [0.1, 0.15) is 19.4 Å². The zero-order chi connectivity index (χ0) is 17.4. The first-order valence-electron chi connectivity index (χ1n) is 6.41. The van der Waals surface area contributed by atoms with E-state index in [1.165, 1.54) is 12.1 Å². The molecule has 10 heteroatoms. The molecule has 0 saturated carbocycles. The van der Waals surface area contributed by atoms with Gasteiger partial charge in [0.15, 0.2) is 5.11 Å². The van der Waals surface area contributed by atoms with Gasteiger partial charge in [0, 0.05) is 17.7 Å². The third-order valence-corrected chi connectivity index (χ3v) is 2.42. The van der Waals surface area contributed by atoms with E-state index in [4.69, 9.17) is 12.2 Å². The fourth-order valence-electron chi connectivity index (χ4n) is 1.45. The van der Waals surface area contributed by atoms with Gasteiger partial charge in [-0.25, -0.2) is 0 Å². The van der Waals surface area contributed by atoms with E-state index in [1.807, 2.05) is 13.8 Å². The van der Waals surface area contributed by atoms with Gasteiger partial charge >= 0.3 is 13.2 Å². The number of hydrazone groups is 1. The number of alkyl halides is 4. The highest BCUT2D eigenvalue weighted by Gasteiger charge is 2.12. The number of hydrogen-bond acceptors (Lipinski definition) is 4. The van der Waals surface area contributed by atoms with Crippen LogP contribution in [-0.2, 0) is 0 Å². The Hall–Kier alpha value is -2.10. The number of benzene rings is 1. The standard InChI is InChI=1S/C13H15F4N3O2S/c1-7(2)19-13(23)20-18-6-8-3-4-9(21-11(14)15)5-10(8)22-12(16)17/h3-7,11-12H,1-2H3,(H2,19,20,23). The van der Waals surface area contributed by atoms with Gasteiger partial charge in [-0.3, -0.25) is 5.43 Å². The largest absolute Gasteiger partial charge is 0.435 e. The smallest absolute Gasteiger partial charge is 0.387 e. The van der Waals surface area contributed by atoms with E-state index in [1.54, 1.807) is 0 Å². The van der Waals surface area contributed by atoms with Gasteiger partial charge in [-0.05, 0) is 38.2 Å². The molecule has 0 aliphatic carbocycles. The Morgan fingerprint density at radius 3 is 2.39 bits per heavy atom. The molecule has 0 fully saturated rings. The number of halogens is 4. The Labute approximate surface area is 135 Å². The predicted octanol–water partition coefficient (Wildman–Crippen LogP) is 3.10. The first-order chi connectivity index (χ1) is 10.8. The average Bonchev–Trinajstić information content (AvgIpc) is 2.39. The number of nitrogens with one attached hydrogen (secondary N) is 2. The molecule has 1 aromatic rings. The summed E-state index contributed by atoms with van der Waals surface area (Å²) in [4.78, 5) is 0. The van der Waals surface area contributed by atoms with Crippen molar-refractivity contribution in [2.75, 3.05) is 0 Å². The minimum absolute atomic E-state index is 0.0914. The summed E-state index contributed by atoms with van der Waals surface area (Å²) < 4.78 is 57.4. The van der Waals surface area contributed by atoms with E-state index in [2.05, 4.69) is 25.3 Å². The van der Waals surface area contributed by atoms with Gasteiger partial charge < -0.3 is 14.8 Å². The molecule has 0 saturated heterocycles. The lowest BCUT2D eigenvalue weighted by Gasteiger charge is -2.11. The minimum Gasteiger partial charge on any atom is -0.435 e. The molecule has 0 aliphatic heterocycles. The second-order valence-electron chi connectivity index (χ2n) is 4.45. The summed E-state index contributed by atoms with van der Waals surface area (Å²) in [5, 5.41) is 6.86. The molecule has 0 radical (unpaired) electrons. The van der Waals surface area contributed by atoms with Crippen LogP contribution in [0.25, 0.3) is 0 Å². The summed E-state index contributed by atoms with van der Waals surface area (Å²) >= 11 is 4.93. The molecule has 1 rings (SSSR count). The summed E-state index contributed by atoms with van der Waals surface area (Å²) in [6.45, 7) is -2.46. The molecule has 5 nitrogen and oxygen atoms in total. The van der Waals surface area contributed by atoms with Crippen molar-refractivity contribution in [1.82, 2.24) is 10.7 Å². The van der Waals surface area contributed by atoms with Gasteiger partial charge in [-0.15, -0.1) is 0 Å². The molecule has 0 unspecified atom stereocenters. The molecule has 23 heavy (non-hydrogen) atoms. The van der Waals surface area contributed by atoms with Crippen LogP contribution in [-0.4, -0.2) is 30.6 Å². The van der Waals surface area contributed by atoms with E-state index in [0.29, 0.717) is 0 Å². The van der Waals surface area contributed by atoms with E-state index in [-0.39, 0.29) is 28.2 Å². The number of rotatable bonds is 7. The number of nitrogens with zero attached hydrogens (tertiary/aromatic N) is 1. The number of ether oxygens (including phenoxy) is 2. The fourth-order valence-corrected chi connectivity index (χ4v) is 1.74. The summed E-state index contributed by atoms with van der Waals surface area (Å²) in [5.74, 6) is -0.663. The monoisotopic (exact) mass is 353 g/mol. The SMILES string of the molecule is CC(C)NC(=S)NN=Cc1ccc(OC(F)F)cc1OC(F)F. The Kier molecular flexibility index (Phi) is 7.52. The topological polar surface area (TPSA) is 54.9 Å². The van der Waals surface area contributed by atoms with Crippen molar-refractivity contribution in [2.24, 2.45) is 5.10 Å². The highest BCUT2D eigenvalue weighted by Crippen LogP contribution is 2.26. The highest BCUT2D eigenvalue weighted by molar-refractivity contribution is 7.80. The lowest BCUT2D eigenvalue weighted by molar-refractivity contribution is -0.0543. The molecule has 0 aromatic heterocycles. The molecular formula is C13H15F4N3O2S. The maximum absolute atomic E-state index is 12.4. The number of hydrogen-bond donors (Lipinski definition) is 2. The van der Waals surface area contributed by atoms with Crippen molar-refractivity contribution in [1.29, 1.82) is 0 Å². The van der Waals surface area contributed by atoms with E-state index in [9.17, 15) is 17.6 Å². The molecule has 0 atom stereocenters. The van der Waals surface area contributed by atoms with Crippen LogP contribution in [0.2, 0.25) is 0 Å². The van der Waals surface area contributed by atoms with Crippen molar-refractivity contribution in [3.63, 3.8) is 0 Å². The van der Waals surface area contributed by atoms with Gasteiger partial charge in [0.25, 0.3) is 0 Å². The zero-order valence-electron chi connectivity index (χ0n) is 12.2. The van der Waals surface area contributed by atoms with Crippen molar-refractivity contribution in [3.05, 3.63) is 23.8 Å². The fraction of sp³-hybridized carbons (Fsp3) is 0.385. The number of thiocarbonyl (C=S) groups is 1. The zero-order valence-corrected chi connectivity index (χ0v) is 13.0. The van der Waals surface area contributed by atoms with Crippen LogP contribution in [0, 0.1) is 0 Å². The summed E-state index contributed by atoms with van der Waals surface area (Å²) in [7, 11) is 0. The van der Waals surface area contributed by atoms with Crippen LogP contribution in [0.3, 0.4) is 0 Å². The second-order valence-corrected chi connectivity index (χ2v) is 4.86. The first-order valence-corrected chi connectivity index (χ1v) is 6.82. The summed E-state index contributed by atoms with van der Waals surface area (Å²) in [6, 6.07) is 3.44. The van der Waals surface area contributed by atoms with Gasteiger partial charge in [0.05, 0.1) is 6.21 Å². The van der Waals surface area contributed by atoms with Crippen molar-refractivity contribution >= 4 is 23.5 Å². The van der Waals surface area contributed by atoms with Gasteiger partial charge in [0.1, 0.15) is 11.5 Å². The van der Waals surface area contributed by atoms with Crippen LogP contribution < -0.4 is 20.2 Å². The molecule has 0 heterocycles.